The molecule has 22 heavy (non-hydrogen) atoms. The third kappa shape index (κ3) is 3.23. The summed E-state index contributed by atoms with van der Waals surface area (Å²) in [5, 5.41) is 12.0. The van der Waals surface area contributed by atoms with Gasteiger partial charge in [-0.1, -0.05) is 13.3 Å². The molecule has 0 unspecified atom stereocenters. The quantitative estimate of drug-likeness (QED) is 0.927. The Balaban J connectivity index is 2.19. The molecule has 1 amide bonds. The lowest BCUT2D eigenvalue weighted by molar-refractivity contribution is -0.143. The Kier molecular flexibility index (Phi) is 5.04. The Morgan fingerprint density at radius 2 is 2.23 bits per heavy atom. The highest BCUT2D eigenvalue weighted by atomic mass is 16.5. The number of nitriles is 1. The maximum atomic E-state index is 12.7. The Hall–Kier alpha value is -2.06. The van der Waals surface area contributed by atoms with Crippen LogP contribution >= 0.6 is 0 Å². The van der Waals surface area contributed by atoms with Crippen molar-refractivity contribution in [3.63, 3.8) is 0 Å². The second-order valence-electron chi connectivity index (χ2n) is 5.88. The topological polar surface area (TPSA) is 71.3 Å². The summed E-state index contributed by atoms with van der Waals surface area (Å²) in [7, 11) is 3.10. The first-order valence-electron chi connectivity index (χ1n) is 7.49. The molecule has 0 heterocycles. The zero-order chi connectivity index (χ0) is 16.2. The Labute approximate surface area is 131 Å². The predicted octanol–water partition coefficient (Wildman–Crippen LogP) is 3.10. The number of hydrogen-bond acceptors (Lipinski definition) is 4. The van der Waals surface area contributed by atoms with Gasteiger partial charge in [-0.15, -0.1) is 0 Å². The first-order chi connectivity index (χ1) is 10.5. The SMILES string of the molecule is COc1ccc(NC(=O)[C@]2(OC)CCC[C@@H](C)C2)cc1C#N. The van der Waals surface area contributed by atoms with E-state index < -0.39 is 5.60 Å². The van der Waals surface area contributed by atoms with Gasteiger partial charge in [-0.05, 0) is 43.4 Å². The lowest BCUT2D eigenvalue weighted by Gasteiger charge is -2.37. The van der Waals surface area contributed by atoms with Crippen LogP contribution in [0, 0.1) is 17.2 Å². The van der Waals surface area contributed by atoms with Crippen molar-refractivity contribution in [3.05, 3.63) is 23.8 Å². The van der Waals surface area contributed by atoms with E-state index in [0.29, 0.717) is 22.9 Å². The number of nitrogens with zero attached hydrogens (tertiary/aromatic N) is 1. The largest absolute Gasteiger partial charge is 0.495 e. The van der Waals surface area contributed by atoms with Gasteiger partial charge >= 0.3 is 0 Å². The van der Waals surface area contributed by atoms with Crippen LogP contribution in [0.25, 0.3) is 0 Å². The predicted molar refractivity (Wildman–Crippen MR) is 83.7 cm³/mol. The molecule has 118 valence electrons. The zero-order valence-corrected chi connectivity index (χ0v) is 13.3. The van der Waals surface area contributed by atoms with Crippen molar-refractivity contribution in [2.24, 2.45) is 5.92 Å². The van der Waals surface area contributed by atoms with Crippen molar-refractivity contribution in [3.8, 4) is 11.8 Å². The highest BCUT2D eigenvalue weighted by molar-refractivity contribution is 5.97. The minimum Gasteiger partial charge on any atom is -0.495 e. The molecule has 0 aromatic heterocycles. The van der Waals surface area contributed by atoms with Crippen LogP contribution in [0.15, 0.2) is 18.2 Å². The zero-order valence-electron chi connectivity index (χ0n) is 13.3. The Morgan fingerprint density at radius 1 is 1.45 bits per heavy atom. The average molecular weight is 302 g/mol. The van der Waals surface area contributed by atoms with Crippen molar-refractivity contribution in [1.82, 2.24) is 0 Å². The van der Waals surface area contributed by atoms with E-state index in [1.54, 1.807) is 25.3 Å². The van der Waals surface area contributed by atoms with Gasteiger partial charge in [-0.2, -0.15) is 5.26 Å². The number of anilines is 1. The van der Waals surface area contributed by atoms with Crippen LogP contribution in [0.4, 0.5) is 5.69 Å². The Morgan fingerprint density at radius 3 is 2.82 bits per heavy atom. The van der Waals surface area contributed by atoms with E-state index >= 15 is 0 Å². The number of nitrogens with one attached hydrogen (secondary N) is 1. The maximum Gasteiger partial charge on any atom is 0.256 e. The van der Waals surface area contributed by atoms with Gasteiger partial charge in [0.2, 0.25) is 0 Å². The highest BCUT2D eigenvalue weighted by Gasteiger charge is 2.42. The molecule has 1 aromatic rings. The van der Waals surface area contributed by atoms with Gasteiger partial charge in [-0.25, -0.2) is 0 Å². The van der Waals surface area contributed by atoms with Crippen LogP contribution in [0.1, 0.15) is 38.2 Å². The third-order valence-corrected chi connectivity index (χ3v) is 4.34. The standard InChI is InChI=1S/C17H22N2O3/c1-12-5-4-8-17(10-12,22-3)16(20)19-14-6-7-15(21-2)13(9-14)11-18/h6-7,9,12H,4-5,8,10H2,1-3H3,(H,19,20)/t12-,17+/m1/s1. The van der Waals surface area contributed by atoms with Crippen molar-refractivity contribution in [2.45, 2.75) is 38.2 Å². The van der Waals surface area contributed by atoms with Gasteiger partial charge in [0.25, 0.3) is 5.91 Å². The summed E-state index contributed by atoms with van der Waals surface area (Å²) >= 11 is 0. The first kappa shape index (κ1) is 16.3. The summed E-state index contributed by atoms with van der Waals surface area (Å²) in [5.41, 5.74) is 0.200. The number of ether oxygens (including phenoxy) is 2. The van der Waals surface area contributed by atoms with Crippen LogP contribution in [0.3, 0.4) is 0 Å². The van der Waals surface area contributed by atoms with E-state index in [1.165, 1.54) is 7.11 Å². The highest BCUT2D eigenvalue weighted by Crippen LogP contribution is 2.36. The van der Waals surface area contributed by atoms with E-state index in [4.69, 9.17) is 14.7 Å². The fraction of sp³-hybridized carbons (Fsp3) is 0.529. The van der Waals surface area contributed by atoms with Crippen LogP contribution < -0.4 is 10.1 Å². The molecule has 1 aromatic carbocycles. The number of carbonyl (C=O) groups is 1. The molecule has 0 aliphatic heterocycles. The van der Waals surface area contributed by atoms with Crippen molar-refractivity contribution in [1.29, 1.82) is 5.26 Å². The lowest BCUT2D eigenvalue weighted by atomic mass is 9.78. The van der Waals surface area contributed by atoms with Crippen molar-refractivity contribution < 1.29 is 14.3 Å². The van der Waals surface area contributed by atoms with Crippen molar-refractivity contribution in [2.75, 3.05) is 19.5 Å². The molecule has 0 saturated heterocycles. The van der Waals surface area contributed by atoms with E-state index in [9.17, 15) is 4.79 Å². The first-order valence-corrected chi connectivity index (χ1v) is 7.49. The smallest absolute Gasteiger partial charge is 0.256 e. The summed E-state index contributed by atoms with van der Waals surface area (Å²) in [4.78, 5) is 12.7. The maximum absolute atomic E-state index is 12.7. The summed E-state index contributed by atoms with van der Waals surface area (Å²) < 4.78 is 10.7. The van der Waals surface area contributed by atoms with Crippen LogP contribution in [-0.2, 0) is 9.53 Å². The van der Waals surface area contributed by atoms with Gasteiger partial charge in [0, 0.05) is 12.8 Å². The minimum absolute atomic E-state index is 0.143. The van der Waals surface area contributed by atoms with Gasteiger partial charge in [0.15, 0.2) is 0 Å². The summed E-state index contributed by atoms with van der Waals surface area (Å²) in [6.07, 6.45) is 3.55. The Bertz CT molecular complexity index is 594. The molecule has 2 atom stereocenters. The van der Waals surface area contributed by atoms with Crippen molar-refractivity contribution >= 4 is 11.6 Å². The number of amides is 1. The monoisotopic (exact) mass is 302 g/mol. The van der Waals surface area contributed by atoms with E-state index in [-0.39, 0.29) is 5.91 Å². The fourth-order valence-corrected chi connectivity index (χ4v) is 3.11. The molecule has 5 nitrogen and oxygen atoms in total. The molecule has 5 heteroatoms. The lowest BCUT2D eigenvalue weighted by Crippen LogP contribution is -2.47. The molecule has 1 aliphatic rings. The van der Waals surface area contributed by atoms with E-state index in [0.717, 1.165) is 25.7 Å². The molecule has 1 aliphatic carbocycles. The van der Waals surface area contributed by atoms with Gasteiger partial charge in [0.1, 0.15) is 17.4 Å². The number of hydrogen-bond donors (Lipinski definition) is 1. The van der Waals surface area contributed by atoms with Gasteiger partial charge in [-0.3, -0.25) is 4.79 Å². The van der Waals surface area contributed by atoms with Gasteiger partial charge in [0.05, 0.1) is 12.7 Å². The number of carbonyl (C=O) groups excluding carboxylic acids is 1. The molecular weight excluding hydrogens is 280 g/mol. The second kappa shape index (κ2) is 6.80. The van der Waals surface area contributed by atoms with E-state index in [1.807, 2.05) is 0 Å². The minimum atomic E-state index is -0.773. The normalized spacial score (nSPS) is 24.4. The molecule has 1 fully saturated rings. The average Bonchev–Trinajstić information content (AvgIpc) is 2.54. The molecular formula is C17H22N2O3. The fourth-order valence-electron chi connectivity index (χ4n) is 3.11. The van der Waals surface area contributed by atoms with Crippen LogP contribution in [0.5, 0.6) is 5.75 Å². The van der Waals surface area contributed by atoms with Crippen LogP contribution in [0.2, 0.25) is 0 Å². The summed E-state index contributed by atoms with van der Waals surface area (Å²) in [5.74, 6) is 0.814. The second-order valence-corrected chi connectivity index (χ2v) is 5.88. The molecule has 0 radical (unpaired) electrons. The molecule has 0 bridgehead atoms. The molecule has 0 spiro atoms. The van der Waals surface area contributed by atoms with E-state index in [2.05, 4.69) is 18.3 Å². The number of rotatable bonds is 4. The van der Waals surface area contributed by atoms with Crippen LogP contribution in [-0.4, -0.2) is 25.7 Å². The number of methoxy groups -OCH3 is 2. The molecule has 2 rings (SSSR count). The summed E-state index contributed by atoms with van der Waals surface area (Å²) in [6, 6.07) is 7.09. The molecule has 1 saturated carbocycles. The van der Waals surface area contributed by atoms with Gasteiger partial charge < -0.3 is 14.8 Å². The number of benzene rings is 1. The third-order valence-electron chi connectivity index (χ3n) is 4.34. The molecule has 1 N–H and O–H groups in total. The summed E-state index contributed by atoms with van der Waals surface area (Å²) in [6.45, 7) is 2.14.